The molecule has 2 aromatic carbocycles. The highest BCUT2D eigenvalue weighted by molar-refractivity contribution is 7.99. The smallest absolute Gasteiger partial charge is 0.320 e. The van der Waals surface area contributed by atoms with Gasteiger partial charge in [0.15, 0.2) is 0 Å². The van der Waals surface area contributed by atoms with Crippen molar-refractivity contribution < 1.29 is 24.6 Å². The quantitative estimate of drug-likeness (QED) is 0.317. The van der Waals surface area contributed by atoms with Gasteiger partial charge >= 0.3 is 5.97 Å². The summed E-state index contributed by atoms with van der Waals surface area (Å²) < 4.78 is 0. The fraction of sp³-hybridized carbons (Fsp3) is 0.444. The van der Waals surface area contributed by atoms with Crippen LogP contribution in [0.5, 0.6) is 0 Å². The van der Waals surface area contributed by atoms with E-state index in [-0.39, 0.29) is 37.1 Å². The van der Waals surface area contributed by atoms with Crippen molar-refractivity contribution in [2.24, 2.45) is 5.73 Å². The average Bonchev–Trinajstić information content (AvgIpc) is 2.93. The Morgan fingerprint density at radius 3 is 2.29 bits per heavy atom. The zero-order valence-electron chi connectivity index (χ0n) is 21.3. The Kier molecular flexibility index (Phi) is 11.9. The molecular formula is C27H35ClN4O5S. The van der Waals surface area contributed by atoms with Crippen molar-refractivity contribution in [2.45, 2.75) is 18.9 Å². The lowest BCUT2D eigenvalue weighted by molar-refractivity contribution is -0.138. The Bertz CT molecular complexity index is 1060. The largest absolute Gasteiger partial charge is 0.480 e. The number of rotatable bonds is 13. The van der Waals surface area contributed by atoms with Gasteiger partial charge in [-0.05, 0) is 60.6 Å². The molecule has 1 heterocycles. The summed E-state index contributed by atoms with van der Waals surface area (Å²) in [6, 6.07) is 13.8. The molecule has 0 aliphatic carbocycles. The molecule has 0 saturated carbocycles. The van der Waals surface area contributed by atoms with Gasteiger partial charge in [-0.1, -0.05) is 23.7 Å². The number of halogens is 1. The van der Waals surface area contributed by atoms with E-state index in [4.69, 9.17) is 22.4 Å². The van der Waals surface area contributed by atoms with E-state index in [1.165, 1.54) is 22.2 Å². The summed E-state index contributed by atoms with van der Waals surface area (Å²) >= 11 is 7.25. The van der Waals surface area contributed by atoms with Crippen molar-refractivity contribution in [3.05, 3.63) is 64.7 Å². The Labute approximate surface area is 232 Å². The monoisotopic (exact) mass is 562 g/mol. The van der Waals surface area contributed by atoms with Crippen LogP contribution < -0.4 is 10.6 Å². The van der Waals surface area contributed by atoms with Crippen molar-refractivity contribution in [3.63, 3.8) is 0 Å². The number of piperazine rings is 1. The predicted molar refractivity (Wildman–Crippen MR) is 151 cm³/mol. The van der Waals surface area contributed by atoms with Crippen LogP contribution in [0.3, 0.4) is 0 Å². The van der Waals surface area contributed by atoms with E-state index in [0.29, 0.717) is 30.1 Å². The molecule has 206 valence electrons. The van der Waals surface area contributed by atoms with E-state index in [2.05, 4.69) is 4.90 Å². The molecule has 0 aromatic heterocycles. The number of carbonyl (C=O) groups is 3. The summed E-state index contributed by atoms with van der Waals surface area (Å²) in [4.78, 5) is 42.3. The van der Waals surface area contributed by atoms with Crippen LogP contribution in [0.15, 0.2) is 48.5 Å². The van der Waals surface area contributed by atoms with Crippen LogP contribution in [0.1, 0.15) is 22.3 Å². The Hall–Kier alpha value is -2.63. The standard InChI is InChI=1S/C27H35ClN4O5S/c28-22-5-1-20(2-6-22)9-11-30-12-14-31(15-13-30)26(35)21-3-7-23(8-4-21)32(16-17-33)25(34)19-38-18-10-24(29)27(36)37/h1-8,24,33H,9-19,29H2,(H,36,37). The molecule has 1 fully saturated rings. The van der Waals surface area contributed by atoms with Crippen LogP contribution in [0, 0.1) is 0 Å². The summed E-state index contributed by atoms with van der Waals surface area (Å²) in [6.07, 6.45) is 1.20. The molecule has 2 aromatic rings. The van der Waals surface area contributed by atoms with Gasteiger partial charge in [0.05, 0.1) is 12.4 Å². The molecule has 1 aliphatic rings. The second-order valence-corrected chi connectivity index (χ2v) is 10.7. The Morgan fingerprint density at radius 2 is 1.68 bits per heavy atom. The van der Waals surface area contributed by atoms with Crippen molar-refractivity contribution in [3.8, 4) is 0 Å². The predicted octanol–water partition coefficient (Wildman–Crippen LogP) is 2.20. The number of carbonyl (C=O) groups excluding carboxylic acids is 2. The molecule has 1 atom stereocenters. The van der Waals surface area contributed by atoms with E-state index in [9.17, 15) is 19.5 Å². The first kappa shape index (κ1) is 29.9. The first-order chi connectivity index (χ1) is 18.3. The van der Waals surface area contributed by atoms with Crippen LogP contribution >= 0.6 is 23.4 Å². The number of hydrogen-bond donors (Lipinski definition) is 3. The summed E-state index contributed by atoms with van der Waals surface area (Å²) in [7, 11) is 0. The number of amides is 2. The topological polar surface area (TPSA) is 127 Å². The minimum Gasteiger partial charge on any atom is -0.480 e. The molecule has 4 N–H and O–H groups in total. The van der Waals surface area contributed by atoms with Crippen molar-refractivity contribution >= 4 is 46.8 Å². The molecule has 2 amide bonds. The maximum atomic E-state index is 13.1. The van der Waals surface area contributed by atoms with Gasteiger partial charge in [-0.25, -0.2) is 0 Å². The second kappa shape index (κ2) is 15.1. The summed E-state index contributed by atoms with van der Waals surface area (Å²) in [5.74, 6) is -0.742. The molecule has 1 saturated heterocycles. The molecule has 0 radical (unpaired) electrons. The van der Waals surface area contributed by atoms with E-state index in [1.807, 2.05) is 29.2 Å². The zero-order chi connectivity index (χ0) is 27.5. The Balaban J connectivity index is 1.48. The third-order valence-electron chi connectivity index (χ3n) is 6.46. The number of nitrogens with zero attached hydrogens (tertiary/aromatic N) is 3. The molecule has 38 heavy (non-hydrogen) atoms. The molecule has 11 heteroatoms. The highest BCUT2D eigenvalue weighted by Crippen LogP contribution is 2.19. The first-order valence-electron chi connectivity index (χ1n) is 12.6. The molecule has 9 nitrogen and oxygen atoms in total. The van der Waals surface area contributed by atoms with Crippen molar-refractivity contribution in [1.29, 1.82) is 0 Å². The zero-order valence-corrected chi connectivity index (χ0v) is 22.9. The summed E-state index contributed by atoms with van der Waals surface area (Å²) in [6.45, 7) is 3.77. The van der Waals surface area contributed by atoms with E-state index in [1.54, 1.807) is 24.3 Å². The maximum Gasteiger partial charge on any atom is 0.320 e. The normalized spacial score (nSPS) is 14.8. The number of nitrogens with two attached hydrogens (primary N) is 1. The van der Waals surface area contributed by atoms with Gasteiger partial charge < -0.3 is 25.7 Å². The van der Waals surface area contributed by atoms with Crippen molar-refractivity contribution in [1.82, 2.24) is 9.80 Å². The van der Waals surface area contributed by atoms with Crippen LogP contribution in [0.25, 0.3) is 0 Å². The van der Waals surface area contributed by atoms with Gasteiger partial charge in [0.1, 0.15) is 6.04 Å². The molecule has 0 bridgehead atoms. The number of aliphatic carboxylic acids is 1. The van der Waals surface area contributed by atoms with Crippen LogP contribution in [0.2, 0.25) is 5.02 Å². The SMILES string of the molecule is NC(CCSCC(=O)N(CCO)c1ccc(C(=O)N2CCN(CCc3ccc(Cl)cc3)CC2)cc1)C(=O)O. The Morgan fingerprint density at radius 1 is 1.03 bits per heavy atom. The third-order valence-corrected chi connectivity index (χ3v) is 7.68. The summed E-state index contributed by atoms with van der Waals surface area (Å²) in [5, 5.41) is 19.0. The van der Waals surface area contributed by atoms with Gasteiger partial charge in [0.2, 0.25) is 5.91 Å². The lowest BCUT2D eigenvalue weighted by Gasteiger charge is -2.35. The highest BCUT2D eigenvalue weighted by atomic mass is 35.5. The highest BCUT2D eigenvalue weighted by Gasteiger charge is 2.23. The second-order valence-electron chi connectivity index (χ2n) is 9.11. The minimum atomic E-state index is -1.07. The van der Waals surface area contributed by atoms with E-state index in [0.717, 1.165) is 31.1 Å². The molecule has 1 unspecified atom stereocenters. The number of anilines is 1. The van der Waals surface area contributed by atoms with Gasteiger partial charge in [-0.2, -0.15) is 11.8 Å². The number of benzene rings is 2. The number of hydrogen-bond acceptors (Lipinski definition) is 7. The molecule has 0 spiro atoms. The van der Waals surface area contributed by atoms with Gasteiger partial charge in [0.25, 0.3) is 5.91 Å². The third kappa shape index (κ3) is 8.99. The lowest BCUT2D eigenvalue weighted by Crippen LogP contribution is -2.49. The minimum absolute atomic E-state index is 0.0424. The summed E-state index contributed by atoms with van der Waals surface area (Å²) in [5.41, 5.74) is 7.88. The van der Waals surface area contributed by atoms with Crippen molar-refractivity contribution in [2.75, 3.05) is 62.3 Å². The fourth-order valence-corrected chi connectivity index (χ4v) is 5.17. The van der Waals surface area contributed by atoms with E-state index < -0.39 is 12.0 Å². The lowest BCUT2D eigenvalue weighted by atomic mass is 10.1. The fourth-order valence-electron chi connectivity index (χ4n) is 4.15. The average molecular weight is 563 g/mol. The van der Waals surface area contributed by atoms with Gasteiger partial charge in [0, 0.05) is 55.5 Å². The number of aliphatic hydroxyl groups excluding tert-OH is 1. The van der Waals surface area contributed by atoms with Crippen LogP contribution in [0.4, 0.5) is 5.69 Å². The van der Waals surface area contributed by atoms with Gasteiger partial charge in [-0.3, -0.25) is 19.3 Å². The molecule has 3 rings (SSSR count). The number of aliphatic hydroxyl groups is 1. The number of thioether (sulfide) groups is 1. The number of carboxylic acid groups (broad SMARTS) is 1. The van der Waals surface area contributed by atoms with Crippen LogP contribution in [-0.2, 0) is 16.0 Å². The maximum absolute atomic E-state index is 13.1. The van der Waals surface area contributed by atoms with Gasteiger partial charge in [-0.15, -0.1) is 0 Å². The number of carboxylic acids is 1. The molecule has 1 aliphatic heterocycles. The van der Waals surface area contributed by atoms with Crippen LogP contribution in [-0.4, -0.2) is 101 Å². The first-order valence-corrected chi connectivity index (χ1v) is 14.1. The van der Waals surface area contributed by atoms with E-state index >= 15 is 0 Å². The molecular weight excluding hydrogens is 528 g/mol.